The minimum absolute atomic E-state index is 0.0288. The van der Waals surface area contributed by atoms with Crippen LogP contribution in [0.3, 0.4) is 0 Å². The Kier molecular flexibility index (Phi) is 6.37. The number of esters is 1. The smallest absolute Gasteiger partial charge is 0.310 e. The number of nitriles is 1. The second-order valence-electron chi connectivity index (χ2n) is 6.17. The molecule has 1 fully saturated rings. The van der Waals surface area contributed by atoms with Crippen molar-refractivity contribution in [1.29, 1.82) is 5.26 Å². The van der Waals surface area contributed by atoms with Gasteiger partial charge in [0.25, 0.3) is 0 Å². The summed E-state index contributed by atoms with van der Waals surface area (Å²) < 4.78 is 16.2. The van der Waals surface area contributed by atoms with E-state index in [1.54, 1.807) is 14.2 Å². The first-order valence-electron chi connectivity index (χ1n) is 8.09. The summed E-state index contributed by atoms with van der Waals surface area (Å²) in [6.45, 7) is 4.12. The Bertz CT molecular complexity index is 504. The molecular formula is C18H25NO4. The number of allylic oxidation sites excluding steroid dienone is 3. The van der Waals surface area contributed by atoms with Crippen molar-refractivity contribution in [2.45, 2.75) is 32.0 Å². The van der Waals surface area contributed by atoms with Crippen LogP contribution >= 0.6 is 0 Å². The topological polar surface area (TPSA) is 68.6 Å². The number of carbonyl (C=O) groups excluding carboxylic acids is 1. The molecule has 0 bridgehead atoms. The van der Waals surface area contributed by atoms with E-state index in [1.807, 2.05) is 6.08 Å². The van der Waals surface area contributed by atoms with E-state index >= 15 is 0 Å². The lowest BCUT2D eigenvalue weighted by Gasteiger charge is -2.40. The molecule has 0 saturated carbocycles. The van der Waals surface area contributed by atoms with Gasteiger partial charge in [0.1, 0.15) is 0 Å². The summed E-state index contributed by atoms with van der Waals surface area (Å²) >= 11 is 0. The molecule has 23 heavy (non-hydrogen) atoms. The fourth-order valence-corrected chi connectivity index (χ4v) is 3.77. The number of methoxy groups -OCH3 is 2. The molecule has 1 aliphatic carbocycles. The Morgan fingerprint density at radius 3 is 2.83 bits per heavy atom. The highest BCUT2D eigenvalue weighted by atomic mass is 16.7. The lowest BCUT2D eigenvalue weighted by atomic mass is 9.71. The molecular weight excluding hydrogens is 294 g/mol. The van der Waals surface area contributed by atoms with Gasteiger partial charge >= 0.3 is 5.97 Å². The largest absolute Gasteiger partial charge is 0.465 e. The maximum atomic E-state index is 12.4. The van der Waals surface area contributed by atoms with Gasteiger partial charge < -0.3 is 14.2 Å². The molecule has 4 atom stereocenters. The standard InChI is InChI=1S/C18H25NO4/c1-4-12-6-5-7-13(10-19)16-14(9-8-12)15(11-23-17(16)20)18(21-2)22-3/h4,8,13-16,18H,1,5-7,9,11H2,2-3H3/b12-8-/t13-,14+,15+,16-/m0/s1. The lowest BCUT2D eigenvalue weighted by Crippen LogP contribution is -2.48. The Hall–Kier alpha value is -1.64. The van der Waals surface area contributed by atoms with E-state index in [9.17, 15) is 10.1 Å². The Labute approximate surface area is 137 Å². The van der Waals surface area contributed by atoms with Gasteiger partial charge in [-0.3, -0.25) is 4.79 Å². The van der Waals surface area contributed by atoms with Gasteiger partial charge in [0.15, 0.2) is 6.29 Å². The Balaban J connectivity index is 2.37. The van der Waals surface area contributed by atoms with Crippen molar-refractivity contribution in [3.8, 4) is 6.07 Å². The van der Waals surface area contributed by atoms with Crippen LogP contribution in [0.2, 0.25) is 0 Å². The highest BCUT2D eigenvalue weighted by Gasteiger charge is 2.47. The molecule has 1 saturated heterocycles. The molecule has 126 valence electrons. The fourth-order valence-electron chi connectivity index (χ4n) is 3.77. The predicted molar refractivity (Wildman–Crippen MR) is 85.1 cm³/mol. The third kappa shape index (κ3) is 3.82. The first kappa shape index (κ1) is 17.7. The van der Waals surface area contributed by atoms with Crippen molar-refractivity contribution in [3.05, 3.63) is 24.3 Å². The van der Waals surface area contributed by atoms with Crippen LogP contribution in [0.1, 0.15) is 25.7 Å². The molecule has 0 aromatic heterocycles. The maximum absolute atomic E-state index is 12.4. The zero-order valence-electron chi connectivity index (χ0n) is 13.9. The molecule has 5 heteroatoms. The molecule has 0 unspecified atom stereocenters. The van der Waals surface area contributed by atoms with Gasteiger partial charge in [0.05, 0.1) is 24.5 Å². The lowest BCUT2D eigenvalue weighted by molar-refractivity contribution is -0.198. The number of hydrogen-bond acceptors (Lipinski definition) is 5. The minimum Gasteiger partial charge on any atom is -0.465 e. The van der Waals surface area contributed by atoms with Crippen LogP contribution in [0.5, 0.6) is 0 Å². The van der Waals surface area contributed by atoms with Crippen molar-refractivity contribution < 1.29 is 19.0 Å². The van der Waals surface area contributed by atoms with Gasteiger partial charge in [-0.25, -0.2) is 0 Å². The van der Waals surface area contributed by atoms with Crippen LogP contribution in [0.15, 0.2) is 24.3 Å². The number of ether oxygens (including phenoxy) is 3. The number of rotatable bonds is 4. The quantitative estimate of drug-likeness (QED) is 0.589. The van der Waals surface area contributed by atoms with Crippen LogP contribution in [-0.2, 0) is 19.0 Å². The molecule has 0 spiro atoms. The van der Waals surface area contributed by atoms with Gasteiger partial charge in [-0.1, -0.05) is 24.3 Å². The Morgan fingerprint density at radius 1 is 1.48 bits per heavy atom. The molecule has 2 rings (SSSR count). The summed E-state index contributed by atoms with van der Waals surface area (Å²) in [7, 11) is 3.17. The van der Waals surface area contributed by atoms with E-state index in [-0.39, 0.29) is 30.3 Å². The van der Waals surface area contributed by atoms with E-state index in [2.05, 4.69) is 18.7 Å². The van der Waals surface area contributed by atoms with E-state index in [4.69, 9.17) is 14.2 Å². The van der Waals surface area contributed by atoms with Crippen LogP contribution < -0.4 is 0 Å². The second-order valence-corrected chi connectivity index (χ2v) is 6.17. The van der Waals surface area contributed by atoms with Crippen molar-refractivity contribution in [3.63, 3.8) is 0 Å². The van der Waals surface area contributed by atoms with Crippen LogP contribution in [0, 0.1) is 35.0 Å². The van der Waals surface area contributed by atoms with E-state index in [0.717, 1.165) is 12.8 Å². The van der Waals surface area contributed by atoms with Crippen LogP contribution in [0.4, 0.5) is 0 Å². The predicted octanol–water partition coefficient (Wildman–Crippen LogP) is 2.84. The summed E-state index contributed by atoms with van der Waals surface area (Å²) in [6, 6.07) is 2.33. The van der Waals surface area contributed by atoms with Crippen molar-refractivity contribution in [2.24, 2.45) is 23.7 Å². The molecule has 1 heterocycles. The fraction of sp³-hybridized carbons (Fsp3) is 0.667. The van der Waals surface area contributed by atoms with Crippen molar-refractivity contribution >= 4 is 5.97 Å². The number of fused-ring (bicyclic) bond motifs is 1. The maximum Gasteiger partial charge on any atom is 0.310 e. The highest BCUT2D eigenvalue weighted by Crippen LogP contribution is 2.41. The Morgan fingerprint density at radius 2 is 2.22 bits per heavy atom. The third-order valence-electron chi connectivity index (χ3n) is 5.01. The van der Waals surface area contributed by atoms with Crippen LogP contribution in [-0.4, -0.2) is 33.1 Å². The minimum atomic E-state index is -0.448. The molecule has 0 radical (unpaired) electrons. The average Bonchev–Trinajstić information content (AvgIpc) is 2.66. The van der Waals surface area contributed by atoms with E-state index in [1.165, 1.54) is 5.57 Å². The van der Waals surface area contributed by atoms with Gasteiger partial charge in [-0.2, -0.15) is 5.26 Å². The summed E-state index contributed by atoms with van der Waals surface area (Å²) in [6.07, 6.45) is 6.70. The molecule has 0 N–H and O–H groups in total. The van der Waals surface area contributed by atoms with Crippen molar-refractivity contribution in [1.82, 2.24) is 0 Å². The summed E-state index contributed by atoms with van der Waals surface area (Å²) in [4.78, 5) is 12.4. The molecule has 0 amide bonds. The second kappa shape index (κ2) is 8.28. The molecule has 5 nitrogen and oxygen atoms in total. The monoisotopic (exact) mass is 319 g/mol. The first-order chi connectivity index (χ1) is 11.2. The summed E-state index contributed by atoms with van der Waals surface area (Å²) in [5.74, 6) is -1.13. The highest BCUT2D eigenvalue weighted by molar-refractivity contribution is 5.74. The first-order valence-corrected chi connectivity index (χ1v) is 8.09. The molecule has 2 aliphatic rings. The van der Waals surface area contributed by atoms with Gasteiger partial charge in [0, 0.05) is 20.1 Å². The third-order valence-corrected chi connectivity index (χ3v) is 5.01. The average molecular weight is 319 g/mol. The summed E-state index contributed by atoms with van der Waals surface area (Å²) in [5, 5.41) is 9.56. The van der Waals surface area contributed by atoms with Gasteiger partial charge in [-0.05, 0) is 31.6 Å². The number of cyclic esters (lactones) is 1. The van der Waals surface area contributed by atoms with E-state index < -0.39 is 12.2 Å². The van der Waals surface area contributed by atoms with E-state index in [0.29, 0.717) is 12.8 Å². The van der Waals surface area contributed by atoms with Crippen LogP contribution in [0.25, 0.3) is 0 Å². The number of hydrogen-bond donors (Lipinski definition) is 0. The number of nitrogens with zero attached hydrogens (tertiary/aromatic N) is 1. The molecule has 1 aliphatic heterocycles. The van der Waals surface area contributed by atoms with Crippen molar-refractivity contribution in [2.75, 3.05) is 20.8 Å². The normalized spacial score (nSPS) is 34.0. The number of carbonyl (C=O) groups is 1. The summed E-state index contributed by atoms with van der Waals surface area (Å²) in [5.41, 5.74) is 1.17. The SMILES string of the molecule is C=C/C1=C/C[C@H]2[C@@H](C(=O)OC[C@H]2C(OC)OC)[C@H](C#N)CCC1. The van der Waals surface area contributed by atoms with Gasteiger partial charge in [-0.15, -0.1) is 0 Å². The zero-order chi connectivity index (χ0) is 16.8. The molecule has 0 aromatic rings. The zero-order valence-corrected chi connectivity index (χ0v) is 13.9. The molecule has 0 aromatic carbocycles. The van der Waals surface area contributed by atoms with Gasteiger partial charge in [0.2, 0.25) is 0 Å².